The highest BCUT2D eigenvalue weighted by Gasteiger charge is 2.24. The fourth-order valence-corrected chi connectivity index (χ4v) is 11.3. The quantitative estimate of drug-likeness (QED) is 0.152. The van der Waals surface area contributed by atoms with E-state index in [9.17, 15) is 0 Å². The monoisotopic (exact) mass is 957 g/mol. The Hall–Kier alpha value is -10.2. The fourth-order valence-electron chi connectivity index (χ4n) is 11.3. The van der Waals surface area contributed by atoms with E-state index >= 15 is 0 Å². The predicted molar refractivity (Wildman–Crippen MR) is 308 cm³/mol. The Labute approximate surface area is 431 Å². The molecule has 0 unspecified atom stereocenters. The molecule has 350 valence electrons. The van der Waals surface area contributed by atoms with Crippen molar-refractivity contribution in [3.63, 3.8) is 0 Å². The molecule has 6 heteroatoms. The van der Waals surface area contributed by atoms with Gasteiger partial charge in [0.05, 0.1) is 27.8 Å². The average molecular weight is 958 g/mol. The van der Waals surface area contributed by atoms with Gasteiger partial charge in [0.15, 0.2) is 28.6 Å². The van der Waals surface area contributed by atoms with Crippen LogP contribution in [0.3, 0.4) is 0 Å². The van der Waals surface area contributed by atoms with Crippen LogP contribution in [0.1, 0.15) is 0 Å². The van der Waals surface area contributed by atoms with Crippen LogP contribution in [0.4, 0.5) is 0 Å². The minimum absolute atomic E-state index is 0.590. The molecule has 0 saturated carbocycles. The van der Waals surface area contributed by atoms with E-state index in [2.05, 4.69) is 258 Å². The molecule has 15 aromatic rings. The first-order valence-corrected chi connectivity index (χ1v) is 25.3. The third-order valence-corrected chi connectivity index (χ3v) is 14.8. The van der Waals surface area contributed by atoms with E-state index < -0.39 is 0 Å². The van der Waals surface area contributed by atoms with Crippen molar-refractivity contribution in [3.05, 3.63) is 261 Å². The van der Waals surface area contributed by atoms with Gasteiger partial charge in [-0.1, -0.05) is 194 Å². The van der Waals surface area contributed by atoms with Gasteiger partial charge in [-0.25, -0.2) is 15.0 Å². The molecule has 4 aromatic heterocycles. The van der Waals surface area contributed by atoms with Gasteiger partial charge in [0, 0.05) is 60.3 Å². The van der Waals surface area contributed by atoms with Gasteiger partial charge in [0.25, 0.3) is 0 Å². The molecular formula is C69H43N5O. The Bertz CT molecular complexity index is 4590. The molecule has 0 saturated heterocycles. The molecule has 0 aliphatic heterocycles. The Kier molecular flexibility index (Phi) is 9.78. The highest BCUT2D eigenvalue weighted by atomic mass is 16.3. The number of hydrogen-bond acceptors (Lipinski definition) is 4. The Morgan fingerprint density at radius 3 is 1.24 bits per heavy atom. The summed E-state index contributed by atoms with van der Waals surface area (Å²) in [5.41, 5.74) is 17.5. The highest BCUT2D eigenvalue weighted by Crippen LogP contribution is 2.45. The number of para-hydroxylation sites is 3. The molecule has 0 N–H and O–H groups in total. The van der Waals surface area contributed by atoms with Crippen LogP contribution < -0.4 is 0 Å². The van der Waals surface area contributed by atoms with Gasteiger partial charge >= 0.3 is 0 Å². The van der Waals surface area contributed by atoms with E-state index in [1.165, 1.54) is 5.39 Å². The smallest absolute Gasteiger partial charge is 0.164 e. The van der Waals surface area contributed by atoms with Gasteiger partial charge in [0.1, 0.15) is 0 Å². The van der Waals surface area contributed by atoms with E-state index in [-0.39, 0.29) is 0 Å². The second kappa shape index (κ2) is 17.3. The van der Waals surface area contributed by atoms with Crippen LogP contribution in [0.5, 0.6) is 0 Å². The SMILES string of the molecule is c1ccc(-c2cccc(-c3nc(-c4ccc(-n5c6ccccc6c6ccc7c8ccc9c%10ccccc%10n(-c%10ccccc%10-c%10ccccc%10)c9c8oc7c65)cc4)nc(-c4cccc(-c5ccccc5)c4)n3)c2)cc1. The van der Waals surface area contributed by atoms with Crippen molar-refractivity contribution in [2.45, 2.75) is 0 Å². The molecule has 0 spiro atoms. The van der Waals surface area contributed by atoms with E-state index in [0.29, 0.717) is 17.5 Å². The van der Waals surface area contributed by atoms with Crippen LogP contribution in [0, 0.1) is 0 Å². The number of furan rings is 1. The summed E-state index contributed by atoms with van der Waals surface area (Å²) in [7, 11) is 0. The summed E-state index contributed by atoms with van der Waals surface area (Å²) in [5, 5.41) is 6.72. The zero-order valence-corrected chi connectivity index (χ0v) is 40.5. The van der Waals surface area contributed by atoms with Crippen molar-refractivity contribution in [2.75, 3.05) is 0 Å². The molecule has 0 amide bonds. The van der Waals surface area contributed by atoms with Gasteiger partial charge in [-0.15, -0.1) is 0 Å². The summed E-state index contributed by atoms with van der Waals surface area (Å²) in [4.78, 5) is 15.6. The number of aromatic nitrogens is 5. The molecule has 0 radical (unpaired) electrons. The maximum Gasteiger partial charge on any atom is 0.164 e. The van der Waals surface area contributed by atoms with Crippen LogP contribution in [-0.4, -0.2) is 24.1 Å². The van der Waals surface area contributed by atoms with E-state index in [1.807, 2.05) is 12.1 Å². The maximum atomic E-state index is 7.42. The van der Waals surface area contributed by atoms with Crippen molar-refractivity contribution in [2.24, 2.45) is 0 Å². The zero-order valence-electron chi connectivity index (χ0n) is 40.5. The second-order valence-corrected chi connectivity index (χ2v) is 19.1. The summed E-state index contributed by atoms with van der Waals surface area (Å²) in [5.74, 6) is 1.80. The van der Waals surface area contributed by atoms with Crippen LogP contribution in [0.25, 0.3) is 144 Å². The lowest BCUT2D eigenvalue weighted by molar-refractivity contribution is 0.673. The first-order valence-electron chi connectivity index (χ1n) is 25.3. The lowest BCUT2D eigenvalue weighted by Crippen LogP contribution is -2.01. The molecule has 0 aliphatic rings. The average Bonchev–Trinajstić information content (AvgIpc) is 4.28. The molecule has 0 bridgehead atoms. The molecule has 75 heavy (non-hydrogen) atoms. The number of nitrogens with zero attached hydrogens (tertiary/aromatic N) is 5. The Morgan fingerprint density at radius 2 is 0.680 bits per heavy atom. The summed E-state index contributed by atoms with van der Waals surface area (Å²) in [6, 6.07) is 92.0. The topological polar surface area (TPSA) is 61.7 Å². The molecule has 4 heterocycles. The van der Waals surface area contributed by atoms with Crippen molar-refractivity contribution in [1.29, 1.82) is 0 Å². The third kappa shape index (κ3) is 6.99. The minimum Gasteiger partial charge on any atom is -0.452 e. The van der Waals surface area contributed by atoms with E-state index in [4.69, 9.17) is 19.4 Å². The van der Waals surface area contributed by atoms with Crippen molar-refractivity contribution < 1.29 is 4.42 Å². The third-order valence-electron chi connectivity index (χ3n) is 14.8. The van der Waals surface area contributed by atoms with Crippen molar-refractivity contribution in [3.8, 4) is 78.9 Å². The van der Waals surface area contributed by atoms with Crippen LogP contribution in [0.2, 0.25) is 0 Å². The molecule has 15 rings (SSSR count). The van der Waals surface area contributed by atoms with E-state index in [1.54, 1.807) is 0 Å². The lowest BCUT2D eigenvalue weighted by atomic mass is 10.0. The van der Waals surface area contributed by atoms with Crippen molar-refractivity contribution in [1.82, 2.24) is 24.1 Å². The van der Waals surface area contributed by atoms with Crippen LogP contribution in [-0.2, 0) is 0 Å². The molecule has 6 nitrogen and oxygen atoms in total. The molecule has 0 fully saturated rings. The first-order chi connectivity index (χ1) is 37.2. The number of benzene rings is 11. The molecule has 0 atom stereocenters. The van der Waals surface area contributed by atoms with Gasteiger partial charge < -0.3 is 13.6 Å². The normalized spacial score (nSPS) is 11.7. The first kappa shape index (κ1) is 42.5. The van der Waals surface area contributed by atoms with Crippen molar-refractivity contribution >= 4 is 65.6 Å². The Balaban J connectivity index is 0.912. The van der Waals surface area contributed by atoms with E-state index in [0.717, 1.165) is 122 Å². The van der Waals surface area contributed by atoms with Gasteiger partial charge in [-0.2, -0.15) is 0 Å². The number of hydrogen-bond donors (Lipinski definition) is 0. The van der Waals surface area contributed by atoms with Gasteiger partial charge in [-0.3, -0.25) is 0 Å². The molecular weight excluding hydrogens is 915 g/mol. The fraction of sp³-hybridized carbons (Fsp3) is 0. The maximum absolute atomic E-state index is 7.42. The number of rotatable bonds is 8. The highest BCUT2D eigenvalue weighted by molar-refractivity contribution is 6.26. The summed E-state index contributed by atoms with van der Waals surface area (Å²) < 4.78 is 12.2. The van der Waals surface area contributed by atoms with Crippen LogP contribution in [0.15, 0.2) is 265 Å². The Morgan fingerprint density at radius 1 is 0.267 bits per heavy atom. The standard InChI is InChI=1S/C69H43N5O/c1-4-18-44(19-5-1)48-24-16-26-50(42-48)68-70-67(71-69(72-68)51-27-17-25-49(43-51)45-20-6-2-7-21-45)47-34-36-52(37-35-47)73-61-32-14-11-29-54(61)56-38-40-58-59-41-39-57-55-30-12-15-33-62(55)74(64(57)66(59)75-65(58)63(56)73)60-31-13-10-28-53(60)46-22-8-3-9-23-46/h1-43H. The van der Waals surface area contributed by atoms with Gasteiger partial charge in [-0.05, 0) is 94.5 Å². The predicted octanol–water partition coefficient (Wildman–Crippen LogP) is 18.0. The van der Waals surface area contributed by atoms with Gasteiger partial charge in [0.2, 0.25) is 0 Å². The largest absolute Gasteiger partial charge is 0.452 e. The zero-order chi connectivity index (χ0) is 49.4. The molecule has 11 aromatic carbocycles. The number of fused-ring (bicyclic) bond motifs is 11. The summed E-state index contributed by atoms with van der Waals surface area (Å²) in [6.45, 7) is 0. The second-order valence-electron chi connectivity index (χ2n) is 19.1. The minimum atomic E-state index is 0.590. The van der Waals surface area contributed by atoms with Crippen LogP contribution >= 0.6 is 0 Å². The lowest BCUT2D eigenvalue weighted by Gasteiger charge is -2.14. The summed E-state index contributed by atoms with van der Waals surface area (Å²) in [6.07, 6.45) is 0. The molecule has 0 aliphatic carbocycles. The summed E-state index contributed by atoms with van der Waals surface area (Å²) >= 11 is 0.